The van der Waals surface area contributed by atoms with Crippen molar-refractivity contribution in [2.24, 2.45) is 0 Å². The van der Waals surface area contributed by atoms with Crippen LogP contribution in [-0.4, -0.2) is 34.6 Å². The number of hydrogen-bond acceptors (Lipinski definition) is 3. The normalized spacial score (nSPS) is 18.0. The number of halogens is 3. The number of nitrogens with zero attached hydrogens (tertiary/aromatic N) is 2. The van der Waals surface area contributed by atoms with Gasteiger partial charge in [-0.15, -0.1) is 0 Å². The molecule has 4 rings (SSSR count). The van der Waals surface area contributed by atoms with Crippen LogP contribution in [0.4, 0.5) is 13.2 Å². The zero-order valence-corrected chi connectivity index (χ0v) is 14.5. The molecule has 0 spiro atoms. The van der Waals surface area contributed by atoms with Crippen molar-refractivity contribution in [2.45, 2.75) is 12.6 Å². The summed E-state index contributed by atoms with van der Waals surface area (Å²) in [5.41, 5.74) is 1.73. The Kier molecular flexibility index (Phi) is 4.96. The smallest absolute Gasteiger partial charge is 0.135 e. The molecule has 0 saturated carbocycles. The highest BCUT2D eigenvalue weighted by molar-refractivity contribution is 5.59. The fourth-order valence-electron chi connectivity index (χ4n) is 3.25. The SMILES string of the molecule is Fc1ccc(CN2CCOCC2c2ncc(-c3ccc(F)cc3F)[nH]2)cc1. The average molecular weight is 373 g/mol. The van der Waals surface area contributed by atoms with Gasteiger partial charge in [0.15, 0.2) is 0 Å². The van der Waals surface area contributed by atoms with Gasteiger partial charge in [0.05, 0.1) is 31.1 Å². The highest BCUT2D eigenvalue weighted by atomic mass is 19.1. The summed E-state index contributed by atoms with van der Waals surface area (Å²) in [6.07, 6.45) is 1.54. The van der Waals surface area contributed by atoms with Gasteiger partial charge in [0.25, 0.3) is 0 Å². The molecule has 1 N–H and O–H groups in total. The largest absolute Gasteiger partial charge is 0.378 e. The topological polar surface area (TPSA) is 41.1 Å². The molecule has 1 aliphatic heterocycles. The molecule has 140 valence electrons. The van der Waals surface area contributed by atoms with Crippen LogP contribution < -0.4 is 0 Å². The number of rotatable bonds is 4. The molecule has 0 radical (unpaired) electrons. The molecule has 3 aromatic rings. The molecule has 1 atom stereocenters. The predicted octanol–water partition coefficient (Wildman–Crippen LogP) is 4.07. The molecule has 7 heteroatoms. The lowest BCUT2D eigenvalue weighted by molar-refractivity contribution is -0.0156. The number of morpholine rings is 1. The quantitative estimate of drug-likeness (QED) is 0.750. The molecule has 1 aromatic heterocycles. The lowest BCUT2D eigenvalue weighted by atomic mass is 10.1. The summed E-state index contributed by atoms with van der Waals surface area (Å²) in [6.45, 7) is 2.36. The summed E-state index contributed by atoms with van der Waals surface area (Å²) >= 11 is 0. The average Bonchev–Trinajstić information content (AvgIpc) is 3.14. The molecule has 1 fully saturated rings. The number of hydrogen-bond donors (Lipinski definition) is 1. The molecule has 2 aromatic carbocycles. The predicted molar refractivity (Wildman–Crippen MR) is 94.3 cm³/mol. The first-order chi connectivity index (χ1) is 13.1. The van der Waals surface area contributed by atoms with Gasteiger partial charge in [-0.2, -0.15) is 0 Å². The van der Waals surface area contributed by atoms with Crippen LogP contribution in [0.25, 0.3) is 11.3 Å². The Balaban J connectivity index is 1.57. The molecule has 4 nitrogen and oxygen atoms in total. The number of aromatic amines is 1. The van der Waals surface area contributed by atoms with Crippen LogP contribution in [-0.2, 0) is 11.3 Å². The minimum atomic E-state index is -0.645. The van der Waals surface area contributed by atoms with E-state index in [2.05, 4.69) is 14.9 Å². The molecule has 27 heavy (non-hydrogen) atoms. The molecular weight excluding hydrogens is 355 g/mol. The van der Waals surface area contributed by atoms with Gasteiger partial charge in [0.1, 0.15) is 23.3 Å². The van der Waals surface area contributed by atoms with Crippen molar-refractivity contribution in [3.8, 4) is 11.3 Å². The third-order valence-corrected chi connectivity index (χ3v) is 4.67. The third-order valence-electron chi connectivity index (χ3n) is 4.67. The van der Waals surface area contributed by atoms with Gasteiger partial charge in [-0.25, -0.2) is 18.2 Å². The van der Waals surface area contributed by atoms with Crippen molar-refractivity contribution < 1.29 is 17.9 Å². The Bertz CT molecular complexity index is 926. The van der Waals surface area contributed by atoms with Crippen molar-refractivity contribution in [3.05, 3.63) is 77.5 Å². The number of ether oxygens (including phenoxy) is 1. The minimum absolute atomic E-state index is 0.138. The van der Waals surface area contributed by atoms with Gasteiger partial charge in [0, 0.05) is 24.7 Å². The molecule has 1 saturated heterocycles. The summed E-state index contributed by atoms with van der Waals surface area (Å²) in [4.78, 5) is 9.70. The van der Waals surface area contributed by atoms with Crippen LogP contribution in [0, 0.1) is 17.5 Å². The van der Waals surface area contributed by atoms with Crippen molar-refractivity contribution in [3.63, 3.8) is 0 Å². The molecule has 1 unspecified atom stereocenters. The van der Waals surface area contributed by atoms with E-state index in [0.717, 1.165) is 11.6 Å². The van der Waals surface area contributed by atoms with Crippen LogP contribution in [0.2, 0.25) is 0 Å². The van der Waals surface area contributed by atoms with Crippen molar-refractivity contribution in [1.82, 2.24) is 14.9 Å². The van der Waals surface area contributed by atoms with Crippen molar-refractivity contribution in [2.75, 3.05) is 19.8 Å². The van der Waals surface area contributed by atoms with Crippen LogP contribution in [0.5, 0.6) is 0 Å². The van der Waals surface area contributed by atoms with Crippen LogP contribution in [0.3, 0.4) is 0 Å². The zero-order chi connectivity index (χ0) is 18.8. The van der Waals surface area contributed by atoms with Gasteiger partial charge in [0.2, 0.25) is 0 Å². The second kappa shape index (κ2) is 7.54. The number of nitrogens with one attached hydrogen (secondary N) is 1. The number of aromatic nitrogens is 2. The fraction of sp³-hybridized carbons (Fsp3) is 0.250. The monoisotopic (exact) mass is 373 g/mol. The summed E-state index contributed by atoms with van der Waals surface area (Å²) in [5.74, 6) is -0.889. The van der Waals surface area contributed by atoms with Crippen LogP contribution in [0.15, 0.2) is 48.7 Å². The van der Waals surface area contributed by atoms with Gasteiger partial charge in [-0.05, 0) is 29.8 Å². The van der Waals surface area contributed by atoms with Crippen LogP contribution in [0.1, 0.15) is 17.4 Å². The fourth-order valence-corrected chi connectivity index (χ4v) is 3.25. The molecule has 0 amide bonds. The van der Waals surface area contributed by atoms with Gasteiger partial charge < -0.3 is 9.72 Å². The van der Waals surface area contributed by atoms with E-state index in [4.69, 9.17) is 4.74 Å². The van der Waals surface area contributed by atoms with E-state index in [1.807, 2.05) is 0 Å². The van der Waals surface area contributed by atoms with Gasteiger partial charge >= 0.3 is 0 Å². The minimum Gasteiger partial charge on any atom is -0.378 e. The Hall–Kier alpha value is -2.64. The van der Waals surface area contributed by atoms with E-state index < -0.39 is 11.6 Å². The highest BCUT2D eigenvalue weighted by Crippen LogP contribution is 2.27. The maximum atomic E-state index is 14.0. The number of H-pyrrole nitrogens is 1. The number of benzene rings is 2. The van der Waals surface area contributed by atoms with Gasteiger partial charge in [-0.1, -0.05) is 12.1 Å². The van der Waals surface area contributed by atoms with E-state index in [1.54, 1.807) is 12.1 Å². The maximum Gasteiger partial charge on any atom is 0.135 e. The third kappa shape index (κ3) is 3.89. The van der Waals surface area contributed by atoms with E-state index in [9.17, 15) is 13.2 Å². The van der Waals surface area contributed by atoms with E-state index in [1.165, 1.54) is 30.5 Å². The van der Waals surface area contributed by atoms with E-state index in [0.29, 0.717) is 37.8 Å². The summed E-state index contributed by atoms with van der Waals surface area (Å²) in [7, 11) is 0. The molecular formula is C20H18F3N3O. The second-order valence-corrected chi connectivity index (χ2v) is 6.49. The van der Waals surface area contributed by atoms with Gasteiger partial charge in [-0.3, -0.25) is 4.90 Å². The highest BCUT2D eigenvalue weighted by Gasteiger charge is 2.27. The Labute approximate surface area is 154 Å². The summed E-state index contributed by atoms with van der Waals surface area (Å²) < 4.78 is 45.9. The lowest BCUT2D eigenvalue weighted by Gasteiger charge is -2.34. The molecule has 0 bridgehead atoms. The first-order valence-corrected chi connectivity index (χ1v) is 8.67. The zero-order valence-electron chi connectivity index (χ0n) is 14.5. The Morgan fingerprint density at radius 3 is 2.63 bits per heavy atom. The maximum absolute atomic E-state index is 14.0. The standard InChI is InChI=1S/C20H18F3N3O/c21-14-3-1-13(2-4-14)11-26-7-8-27-12-19(26)20-24-10-18(25-20)16-6-5-15(22)9-17(16)23/h1-6,9-10,19H,7-8,11-12H2,(H,24,25). The van der Waals surface area contributed by atoms with E-state index in [-0.39, 0.29) is 17.4 Å². The molecule has 1 aliphatic rings. The van der Waals surface area contributed by atoms with Crippen molar-refractivity contribution in [1.29, 1.82) is 0 Å². The summed E-state index contributed by atoms with van der Waals surface area (Å²) in [5, 5.41) is 0. The molecule has 2 heterocycles. The summed E-state index contributed by atoms with van der Waals surface area (Å²) in [6, 6.07) is 9.69. The lowest BCUT2D eigenvalue weighted by Crippen LogP contribution is -2.39. The Morgan fingerprint density at radius 2 is 1.85 bits per heavy atom. The van der Waals surface area contributed by atoms with Crippen molar-refractivity contribution >= 4 is 0 Å². The number of imidazole rings is 1. The first-order valence-electron chi connectivity index (χ1n) is 8.67. The van der Waals surface area contributed by atoms with E-state index >= 15 is 0 Å². The second-order valence-electron chi connectivity index (χ2n) is 6.49. The molecule has 0 aliphatic carbocycles. The Morgan fingerprint density at radius 1 is 1.07 bits per heavy atom. The first kappa shape index (κ1) is 17.8. The van der Waals surface area contributed by atoms with Crippen LogP contribution >= 0.6 is 0 Å².